The molecule has 0 aliphatic carbocycles. The van der Waals surface area contributed by atoms with Gasteiger partial charge in [-0.1, -0.05) is 6.07 Å². The summed E-state index contributed by atoms with van der Waals surface area (Å²) in [6.45, 7) is 1.88. The highest BCUT2D eigenvalue weighted by atomic mass is 16.7. The van der Waals surface area contributed by atoms with Gasteiger partial charge in [0.25, 0.3) is 5.91 Å². The van der Waals surface area contributed by atoms with E-state index < -0.39 is 6.10 Å². The molecule has 1 aromatic carbocycles. The zero-order chi connectivity index (χ0) is 15.8. The Morgan fingerprint density at radius 2 is 2.13 bits per heavy atom. The molecule has 2 fully saturated rings. The molecular formula is C17H22N2O4. The number of fused-ring (bicyclic) bond motifs is 2. The third kappa shape index (κ3) is 2.56. The summed E-state index contributed by atoms with van der Waals surface area (Å²) in [5, 5.41) is 3.54. The lowest BCUT2D eigenvalue weighted by molar-refractivity contribution is -0.145. The van der Waals surface area contributed by atoms with Crippen molar-refractivity contribution in [3.05, 3.63) is 23.8 Å². The molecule has 1 amide bonds. The van der Waals surface area contributed by atoms with Crippen LogP contribution in [0.4, 0.5) is 0 Å². The minimum Gasteiger partial charge on any atom is -0.454 e. The number of hydrogen-bond donors (Lipinski definition) is 1. The van der Waals surface area contributed by atoms with Gasteiger partial charge in [0, 0.05) is 26.2 Å². The van der Waals surface area contributed by atoms with E-state index in [4.69, 9.17) is 14.2 Å². The smallest absolute Gasteiger partial charge is 0.253 e. The second-order valence-corrected chi connectivity index (χ2v) is 6.34. The Labute approximate surface area is 135 Å². The average molecular weight is 318 g/mol. The van der Waals surface area contributed by atoms with Gasteiger partial charge in [-0.25, -0.2) is 0 Å². The Bertz CT molecular complexity index is 606. The highest BCUT2D eigenvalue weighted by molar-refractivity contribution is 5.83. The van der Waals surface area contributed by atoms with Crippen molar-refractivity contribution in [2.24, 2.45) is 0 Å². The molecular weight excluding hydrogens is 296 g/mol. The molecule has 1 aromatic rings. The standard InChI is InChI=1S/C17H22N2O4/c1-21-16-15(11-5-6-13-14(8-11)23-10-22-13)18-9-12-4-2-3-7-19(12)17(16)20/h5-6,8,12,15-16,18H,2-4,7,9-10H2,1H3/t12-,15+,16-/m1/s1. The first kappa shape index (κ1) is 14.8. The summed E-state index contributed by atoms with van der Waals surface area (Å²) in [5.41, 5.74) is 0.995. The molecule has 0 saturated carbocycles. The van der Waals surface area contributed by atoms with Crippen molar-refractivity contribution in [2.45, 2.75) is 37.5 Å². The minimum atomic E-state index is -0.515. The van der Waals surface area contributed by atoms with Gasteiger partial charge >= 0.3 is 0 Å². The van der Waals surface area contributed by atoms with Crippen molar-refractivity contribution < 1.29 is 19.0 Å². The lowest BCUT2D eigenvalue weighted by Gasteiger charge is -2.35. The van der Waals surface area contributed by atoms with Crippen LogP contribution in [0.5, 0.6) is 11.5 Å². The number of methoxy groups -OCH3 is 1. The molecule has 0 bridgehead atoms. The molecule has 124 valence electrons. The van der Waals surface area contributed by atoms with Gasteiger partial charge in [0.05, 0.1) is 6.04 Å². The SMILES string of the molecule is CO[C@H]1C(=O)N2CCCC[C@@H]2CN[C@H]1c1ccc2c(c1)OCO2. The van der Waals surface area contributed by atoms with Crippen molar-refractivity contribution in [2.75, 3.05) is 27.0 Å². The molecule has 3 aliphatic heterocycles. The van der Waals surface area contributed by atoms with E-state index in [1.165, 1.54) is 6.42 Å². The van der Waals surface area contributed by atoms with E-state index in [9.17, 15) is 4.79 Å². The van der Waals surface area contributed by atoms with Gasteiger partial charge in [0.2, 0.25) is 6.79 Å². The van der Waals surface area contributed by atoms with Crippen molar-refractivity contribution in [1.29, 1.82) is 0 Å². The Morgan fingerprint density at radius 3 is 3.00 bits per heavy atom. The van der Waals surface area contributed by atoms with Crippen LogP contribution in [0.25, 0.3) is 0 Å². The lowest BCUT2D eigenvalue weighted by atomic mass is 9.99. The second kappa shape index (κ2) is 6.02. The molecule has 2 saturated heterocycles. The number of rotatable bonds is 2. The Morgan fingerprint density at radius 1 is 1.26 bits per heavy atom. The maximum absolute atomic E-state index is 12.9. The molecule has 0 radical (unpaired) electrons. The molecule has 6 heteroatoms. The summed E-state index contributed by atoms with van der Waals surface area (Å²) < 4.78 is 16.4. The number of nitrogens with zero attached hydrogens (tertiary/aromatic N) is 1. The number of carbonyl (C=O) groups excluding carboxylic acids is 1. The number of piperidine rings is 1. The van der Waals surface area contributed by atoms with Gasteiger partial charge in [0.15, 0.2) is 17.6 Å². The average Bonchev–Trinajstić information content (AvgIpc) is 3.00. The van der Waals surface area contributed by atoms with Crippen LogP contribution in [-0.2, 0) is 9.53 Å². The van der Waals surface area contributed by atoms with Gasteiger partial charge in [-0.05, 0) is 37.0 Å². The summed E-state index contributed by atoms with van der Waals surface area (Å²) in [5.74, 6) is 1.57. The monoisotopic (exact) mass is 318 g/mol. The number of amides is 1. The Hall–Kier alpha value is -1.79. The van der Waals surface area contributed by atoms with E-state index in [-0.39, 0.29) is 24.8 Å². The fourth-order valence-electron chi connectivity index (χ4n) is 3.82. The van der Waals surface area contributed by atoms with Crippen LogP contribution in [0.3, 0.4) is 0 Å². The van der Waals surface area contributed by atoms with Gasteiger partial charge in [-0.2, -0.15) is 0 Å². The van der Waals surface area contributed by atoms with Crippen LogP contribution in [-0.4, -0.2) is 49.9 Å². The maximum Gasteiger partial charge on any atom is 0.253 e. The van der Waals surface area contributed by atoms with Crippen molar-refractivity contribution in [3.63, 3.8) is 0 Å². The predicted molar refractivity (Wildman–Crippen MR) is 83.5 cm³/mol. The first-order valence-electron chi connectivity index (χ1n) is 8.24. The molecule has 3 heterocycles. The van der Waals surface area contributed by atoms with E-state index in [1.54, 1.807) is 7.11 Å². The van der Waals surface area contributed by atoms with E-state index in [0.29, 0.717) is 0 Å². The lowest BCUT2D eigenvalue weighted by Crippen LogP contribution is -2.48. The molecule has 3 atom stereocenters. The Kier molecular flexibility index (Phi) is 3.87. The zero-order valence-corrected chi connectivity index (χ0v) is 13.3. The molecule has 4 rings (SSSR count). The van der Waals surface area contributed by atoms with Gasteiger partial charge in [-0.15, -0.1) is 0 Å². The number of ether oxygens (including phenoxy) is 3. The number of benzene rings is 1. The van der Waals surface area contributed by atoms with Gasteiger partial charge < -0.3 is 24.4 Å². The largest absolute Gasteiger partial charge is 0.454 e. The van der Waals surface area contributed by atoms with E-state index in [2.05, 4.69) is 5.32 Å². The van der Waals surface area contributed by atoms with Crippen LogP contribution in [0, 0.1) is 0 Å². The summed E-state index contributed by atoms with van der Waals surface area (Å²) >= 11 is 0. The first-order chi connectivity index (χ1) is 11.3. The van der Waals surface area contributed by atoms with Crippen molar-refractivity contribution >= 4 is 5.91 Å². The molecule has 0 unspecified atom stereocenters. The summed E-state index contributed by atoms with van der Waals surface area (Å²) in [6.07, 6.45) is 2.80. The van der Waals surface area contributed by atoms with Crippen LogP contribution in [0.15, 0.2) is 18.2 Å². The molecule has 6 nitrogen and oxygen atoms in total. The minimum absolute atomic E-state index is 0.0878. The molecule has 1 N–H and O–H groups in total. The second-order valence-electron chi connectivity index (χ2n) is 6.34. The van der Waals surface area contributed by atoms with Crippen LogP contribution >= 0.6 is 0 Å². The highest BCUT2D eigenvalue weighted by Gasteiger charge is 2.40. The first-order valence-corrected chi connectivity index (χ1v) is 8.24. The topological polar surface area (TPSA) is 60.0 Å². The maximum atomic E-state index is 12.9. The molecule has 0 spiro atoms. The van der Waals surface area contributed by atoms with Gasteiger partial charge in [0.1, 0.15) is 0 Å². The quantitative estimate of drug-likeness (QED) is 0.894. The van der Waals surface area contributed by atoms with Crippen LogP contribution < -0.4 is 14.8 Å². The van der Waals surface area contributed by atoms with Gasteiger partial charge in [-0.3, -0.25) is 4.79 Å². The zero-order valence-electron chi connectivity index (χ0n) is 13.3. The van der Waals surface area contributed by atoms with Crippen LogP contribution in [0.2, 0.25) is 0 Å². The summed E-state index contributed by atoms with van der Waals surface area (Å²) in [7, 11) is 1.61. The fourth-order valence-corrected chi connectivity index (χ4v) is 3.82. The Balaban J connectivity index is 1.65. The van der Waals surface area contributed by atoms with E-state index in [0.717, 1.165) is 43.0 Å². The third-order valence-electron chi connectivity index (χ3n) is 5.04. The third-order valence-corrected chi connectivity index (χ3v) is 5.04. The highest BCUT2D eigenvalue weighted by Crippen LogP contribution is 2.36. The fraction of sp³-hybridized carbons (Fsp3) is 0.588. The van der Waals surface area contributed by atoms with E-state index >= 15 is 0 Å². The summed E-state index contributed by atoms with van der Waals surface area (Å²) in [6, 6.07) is 5.92. The van der Waals surface area contributed by atoms with Crippen molar-refractivity contribution in [1.82, 2.24) is 10.2 Å². The molecule has 23 heavy (non-hydrogen) atoms. The van der Waals surface area contributed by atoms with E-state index in [1.807, 2.05) is 23.1 Å². The predicted octanol–water partition coefficient (Wildman–Crippen LogP) is 1.46. The van der Waals surface area contributed by atoms with Crippen LogP contribution in [0.1, 0.15) is 30.9 Å². The molecule has 3 aliphatic rings. The summed E-state index contributed by atoms with van der Waals surface area (Å²) in [4.78, 5) is 14.9. The molecule has 0 aromatic heterocycles. The normalized spacial score (nSPS) is 30.0. The number of carbonyl (C=O) groups is 1. The number of nitrogens with one attached hydrogen (secondary N) is 1. The number of hydrogen-bond acceptors (Lipinski definition) is 5. The van der Waals surface area contributed by atoms with Crippen molar-refractivity contribution in [3.8, 4) is 11.5 Å².